The molecule has 0 saturated carbocycles. The molecule has 5 nitrogen and oxygen atoms in total. The summed E-state index contributed by atoms with van der Waals surface area (Å²) in [6, 6.07) is 3.53. The third-order valence-corrected chi connectivity index (χ3v) is 3.25. The Morgan fingerprint density at radius 3 is 3.00 bits per heavy atom. The van der Waals surface area contributed by atoms with Gasteiger partial charge >= 0.3 is 0 Å². The van der Waals surface area contributed by atoms with E-state index in [1.807, 2.05) is 24.4 Å². The summed E-state index contributed by atoms with van der Waals surface area (Å²) < 4.78 is 10.2. The topological polar surface area (TPSA) is 74.2 Å². The van der Waals surface area contributed by atoms with Crippen LogP contribution in [-0.4, -0.2) is 17.3 Å². The van der Waals surface area contributed by atoms with E-state index in [1.165, 1.54) is 0 Å². The fourth-order valence-electron chi connectivity index (χ4n) is 1.23. The van der Waals surface area contributed by atoms with Crippen molar-refractivity contribution in [2.24, 2.45) is 5.73 Å². The molecule has 0 spiro atoms. The molecule has 2 aromatic heterocycles. The van der Waals surface area contributed by atoms with Crippen LogP contribution in [0.2, 0.25) is 0 Å². The van der Waals surface area contributed by atoms with Gasteiger partial charge in [-0.05, 0) is 18.4 Å². The molecule has 0 aliphatic carbocycles. The quantitative estimate of drug-likeness (QED) is 0.881. The minimum Gasteiger partial charge on any atom is -0.374 e. The molecule has 0 radical (unpaired) electrons. The van der Waals surface area contributed by atoms with Gasteiger partial charge < -0.3 is 15.0 Å². The number of thiophene rings is 1. The lowest BCUT2D eigenvalue weighted by Gasteiger charge is -2.03. The Balaban J connectivity index is 2.19. The van der Waals surface area contributed by atoms with Gasteiger partial charge in [-0.25, -0.2) is 0 Å². The fraction of sp³-hybridized carbons (Fsp3) is 0.400. The van der Waals surface area contributed by atoms with E-state index in [1.54, 1.807) is 18.4 Å². The molecular weight excluding hydrogens is 226 g/mol. The minimum absolute atomic E-state index is 0.187. The van der Waals surface area contributed by atoms with Gasteiger partial charge in [-0.15, -0.1) is 11.3 Å². The number of hydrogen-bond acceptors (Lipinski definition) is 6. The molecule has 16 heavy (non-hydrogen) atoms. The molecule has 0 aromatic carbocycles. The molecule has 0 aliphatic heterocycles. The molecule has 2 heterocycles. The summed E-state index contributed by atoms with van der Waals surface area (Å²) >= 11 is 1.57. The van der Waals surface area contributed by atoms with Crippen molar-refractivity contribution in [3.8, 4) is 0 Å². The van der Waals surface area contributed by atoms with E-state index in [2.05, 4.69) is 10.1 Å². The number of rotatable bonds is 4. The molecule has 2 rings (SSSR count). The van der Waals surface area contributed by atoms with Gasteiger partial charge in [-0.2, -0.15) is 4.98 Å². The van der Waals surface area contributed by atoms with Crippen molar-refractivity contribution in [3.05, 3.63) is 34.1 Å². The molecule has 2 atom stereocenters. The zero-order valence-electron chi connectivity index (χ0n) is 9.08. The Labute approximate surface area is 97.2 Å². The van der Waals surface area contributed by atoms with Crippen molar-refractivity contribution in [3.63, 3.8) is 0 Å². The first-order valence-corrected chi connectivity index (χ1v) is 5.75. The lowest BCUT2D eigenvalue weighted by Crippen LogP contribution is -2.11. The summed E-state index contributed by atoms with van der Waals surface area (Å²) in [6.45, 7) is 1.85. The van der Waals surface area contributed by atoms with Gasteiger partial charge in [0.15, 0.2) is 5.82 Å². The highest BCUT2D eigenvalue weighted by molar-refractivity contribution is 7.10. The summed E-state index contributed by atoms with van der Waals surface area (Å²) in [5, 5.41) is 5.79. The van der Waals surface area contributed by atoms with Crippen molar-refractivity contribution in [1.82, 2.24) is 10.1 Å². The average Bonchev–Trinajstić information content (AvgIpc) is 2.97. The monoisotopic (exact) mass is 239 g/mol. The maximum atomic E-state index is 5.99. The molecule has 0 bridgehead atoms. The molecule has 2 N–H and O–H groups in total. The summed E-state index contributed by atoms with van der Waals surface area (Å²) in [6.07, 6.45) is -0.187. The maximum absolute atomic E-state index is 5.99. The summed E-state index contributed by atoms with van der Waals surface area (Å²) in [5.74, 6) is 0.936. The summed E-state index contributed by atoms with van der Waals surface area (Å²) in [4.78, 5) is 5.22. The smallest absolute Gasteiger partial charge is 0.249 e. The minimum atomic E-state index is -0.356. The molecule has 86 valence electrons. The number of nitrogens with zero attached hydrogens (tertiary/aromatic N) is 2. The van der Waals surface area contributed by atoms with Crippen molar-refractivity contribution < 1.29 is 9.26 Å². The Morgan fingerprint density at radius 1 is 1.56 bits per heavy atom. The van der Waals surface area contributed by atoms with Gasteiger partial charge in [0, 0.05) is 12.0 Å². The second-order valence-corrected chi connectivity index (χ2v) is 4.34. The predicted octanol–water partition coefficient (Wildman–Crippen LogP) is 1.89. The third-order valence-electron chi connectivity index (χ3n) is 2.29. The van der Waals surface area contributed by atoms with Gasteiger partial charge in [0.25, 0.3) is 0 Å². The van der Waals surface area contributed by atoms with E-state index in [9.17, 15) is 0 Å². The highest BCUT2D eigenvalue weighted by Crippen LogP contribution is 2.23. The Morgan fingerprint density at radius 2 is 2.38 bits per heavy atom. The molecule has 0 fully saturated rings. The SMILES string of the molecule is COC(C)c1noc(C(N)c2cccs2)n1. The number of nitrogens with two attached hydrogens (primary N) is 1. The first-order valence-electron chi connectivity index (χ1n) is 4.87. The van der Waals surface area contributed by atoms with Crippen LogP contribution in [0.3, 0.4) is 0 Å². The molecule has 0 saturated heterocycles. The zero-order chi connectivity index (χ0) is 11.5. The van der Waals surface area contributed by atoms with Crippen LogP contribution in [0.25, 0.3) is 0 Å². The van der Waals surface area contributed by atoms with Crippen LogP contribution < -0.4 is 5.73 Å². The summed E-state index contributed by atoms with van der Waals surface area (Å²) in [5.41, 5.74) is 5.99. The average molecular weight is 239 g/mol. The van der Waals surface area contributed by atoms with Crippen molar-refractivity contribution in [1.29, 1.82) is 0 Å². The third kappa shape index (κ3) is 2.13. The first kappa shape index (κ1) is 11.3. The highest BCUT2D eigenvalue weighted by atomic mass is 32.1. The van der Waals surface area contributed by atoms with Crippen molar-refractivity contribution >= 4 is 11.3 Å². The number of methoxy groups -OCH3 is 1. The van der Waals surface area contributed by atoms with Crippen molar-refractivity contribution in [2.45, 2.75) is 19.1 Å². The van der Waals surface area contributed by atoms with Crippen LogP contribution in [0.5, 0.6) is 0 Å². The van der Waals surface area contributed by atoms with Gasteiger partial charge in [-0.1, -0.05) is 11.2 Å². The second kappa shape index (κ2) is 4.73. The van der Waals surface area contributed by atoms with E-state index in [4.69, 9.17) is 15.0 Å². The number of ether oxygens (including phenoxy) is 1. The van der Waals surface area contributed by atoms with E-state index >= 15 is 0 Å². The number of hydrogen-bond donors (Lipinski definition) is 1. The largest absolute Gasteiger partial charge is 0.374 e. The maximum Gasteiger partial charge on any atom is 0.249 e. The Bertz CT molecular complexity index is 441. The molecule has 6 heteroatoms. The van der Waals surface area contributed by atoms with Crippen LogP contribution in [0.1, 0.15) is 35.7 Å². The van der Waals surface area contributed by atoms with Gasteiger partial charge in [0.05, 0.1) is 0 Å². The lowest BCUT2D eigenvalue weighted by atomic mass is 10.2. The van der Waals surface area contributed by atoms with Crippen LogP contribution in [0.4, 0.5) is 0 Å². The number of aromatic nitrogens is 2. The standard InChI is InChI=1S/C10H13N3O2S/c1-6(14-2)9-12-10(15-13-9)8(11)7-4-3-5-16-7/h3-6,8H,11H2,1-2H3. The van der Waals surface area contributed by atoms with E-state index < -0.39 is 0 Å². The zero-order valence-corrected chi connectivity index (χ0v) is 9.90. The Hall–Kier alpha value is -1.24. The van der Waals surface area contributed by atoms with Crippen LogP contribution in [0.15, 0.2) is 22.0 Å². The molecule has 0 amide bonds. The van der Waals surface area contributed by atoms with E-state index in [-0.39, 0.29) is 12.1 Å². The molecule has 0 aliphatic rings. The Kier molecular flexibility index (Phi) is 3.33. The van der Waals surface area contributed by atoms with Crippen molar-refractivity contribution in [2.75, 3.05) is 7.11 Å². The predicted molar refractivity (Wildman–Crippen MR) is 60.1 cm³/mol. The van der Waals surface area contributed by atoms with E-state index in [0.717, 1.165) is 4.88 Å². The van der Waals surface area contributed by atoms with Crippen LogP contribution in [0, 0.1) is 0 Å². The summed E-state index contributed by atoms with van der Waals surface area (Å²) in [7, 11) is 1.60. The van der Waals surface area contributed by atoms with Gasteiger partial charge in [-0.3, -0.25) is 0 Å². The normalized spacial score (nSPS) is 14.9. The molecule has 2 aromatic rings. The van der Waals surface area contributed by atoms with Gasteiger partial charge in [0.2, 0.25) is 5.89 Å². The van der Waals surface area contributed by atoms with Crippen LogP contribution in [-0.2, 0) is 4.74 Å². The second-order valence-electron chi connectivity index (χ2n) is 3.36. The lowest BCUT2D eigenvalue weighted by molar-refractivity contribution is 0.109. The molecule has 2 unspecified atom stereocenters. The fourth-order valence-corrected chi connectivity index (χ4v) is 1.95. The molecular formula is C10H13N3O2S. The van der Waals surface area contributed by atoms with Crippen LogP contribution >= 0.6 is 11.3 Å². The van der Waals surface area contributed by atoms with E-state index in [0.29, 0.717) is 11.7 Å². The highest BCUT2D eigenvalue weighted by Gasteiger charge is 2.19. The first-order chi connectivity index (χ1) is 7.72. The van der Waals surface area contributed by atoms with Gasteiger partial charge in [0.1, 0.15) is 12.1 Å².